The largest absolute Gasteiger partial charge is 0.490 e. The summed E-state index contributed by atoms with van der Waals surface area (Å²) in [6, 6.07) is 14.1. The number of benzene rings is 2. The predicted molar refractivity (Wildman–Crippen MR) is 100.0 cm³/mol. The summed E-state index contributed by atoms with van der Waals surface area (Å²) in [5, 5.41) is 3.31. The fraction of sp³-hybridized carbons (Fsp3) is 0.167. The summed E-state index contributed by atoms with van der Waals surface area (Å²) in [5.74, 6) is 0.905. The van der Waals surface area contributed by atoms with Gasteiger partial charge in [0.05, 0.1) is 17.9 Å². The number of nitrogens with two attached hydrogens (primary N) is 1. The first kappa shape index (κ1) is 15.3. The summed E-state index contributed by atoms with van der Waals surface area (Å²) in [5.41, 5.74) is 10.0. The van der Waals surface area contributed by atoms with E-state index in [9.17, 15) is 0 Å². The lowest BCUT2D eigenvalue weighted by Gasteiger charge is -2.31. The Morgan fingerprint density at radius 2 is 2.04 bits per heavy atom. The van der Waals surface area contributed by atoms with Crippen LogP contribution in [-0.2, 0) is 6.54 Å². The van der Waals surface area contributed by atoms with Crippen LogP contribution in [-0.4, -0.2) is 18.1 Å². The van der Waals surface area contributed by atoms with Crippen LogP contribution in [0.5, 0.6) is 5.75 Å². The number of anilines is 2. The summed E-state index contributed by atoms with van der Waals surface area (Å²) in [7, 11) is 0. The van der Waals surface area contributed by atoms with Crippen LogP contribution in [0.4, 0.5) is 10.8 Å². The highest BCUT2D eigenvalue weighted by molar-refractivity contribution is 7.13. The first-order valence-electron chi connectivity index (χ1n) is 7.67. The topological polar surface area (TPSA) is 51.4 Å². The maximum absolute atomic E-state index is 5.98. The normalized spacial score (nSPS) is 13.5. The molecule has 1 aliphatic rings. The van der Waals surface area contributed by atoms with Crippen molar-refractivity contribution in [3.8, 4) is 17.0 Å². The van der Waals surface area contributed by atoms with Crippen LogP contribution in [0.3, 0.4) is 0 Å². The quantitative estimate of drug-likeness (QED) is 0.752. The Hall–Kier alpha value is -2.24. The van der Waals surface area contributed by atoms with Gasteiger partial charge in [0.1, 0.15) is 12.4 Å². The summed E-state index contributed by atoms with van der Waals surface area (Å²) >= 11 is 7.43. The number of halogens is 1. The maximum Gasteiger partial charge on any atom is 0.180 e. The third-order valence-electron chi connectivity index (χ3n) is 4.02. The molecule has 0 spiro atoms. The molecule has 1 aromatic heterocycles. The van der Waals surface area contributed by atoms with Crippen molar-refractivity contribution in [2.45, 2.75) is 6.54 Å². The molecule has 0 radical (unpaired) electrons. The second-order valence-electron chi connectivity index (χ2n) is 5.65. The molecule has 2 heterocycles. The summed E-state index contributed by atoms with van der Waals surface area (Å²) < 4.78 is 5.80. The average Bonchev–Trinajstić information content (AvgIpc) is 3.03. The van der Waals surface area contributed by atoms with E-state index in [1.165, 1.54) is 16.9 Å². The molecule has 0 atom stereocenters. The minimum Gasteiger partial charge on any atom is -0.490 e. The number of ether oxygens (including phenoxy) is 1. The molecule has 6 heteroatoms. The van der Waals surface area contributed by atoms with Crippen molar-refractivity contribution in [1.29, 1.82) is 0 Å². The van der Waals surface area contributed by atoms with Crippen LogP contribution >= 0.6 is 22.9 Å². The van der Waals surface area contributed by atoms with E-state index in [0.29, 0.717) is 11.7 Å². The smallest absolute Gasteiger partial charge is 0.180 e. The molecule has 0 bridgehead atoms. The Labute approximate surface area is 149 Å². The highest BCUT2D eigenvalue weighted by Gasteiger charge is 2.19. The van der Waals surface area contributed by atoms with E-state index in [4.69, 9.17) is 22.1 Å². The molecule has 4 rings (SSSR count). The fourth-order valence-corrected chi connectivity index (χ4v) is 3.52. The number of hydrogen-bond donors (Lipinski definition) is 1. The third kappa shape index (κ3) is 3.05. The van der Waals surface area contributed by atoms with Gasteiger partial charge in [0.2, 0.25) is 0 Å². The Morgan fingerprint density at radius 1 is 1.21 bits per heavy atom. The molecule has 4 nitrogen and oxygen atoms in total. The van der Waals surface area contributed by atoms with Crippen molar-refractivity contribution in [2.24, 2.45) is 0 Å². The SMILES string of the molecule is Nc1nc(-c2ccc3c(c2)N(Cc2ccc(Cl)cc2)CCO3)cs1. The number of fused-ring (bicyclic) bond motifs is 1. The lowest BCUT2D eigenvalue weighted by Crippen LogP contribution is -2.32. The number of thiazole rings is 1. The molecule has 3 aromatic rings. The van der Waals surface area contributed by atoms with Crippen LogP contribution in [0.15, 0.2) is 47.8 Å². The molecule has 24 heavy (non-hydrogen) atoms. The Bertz CT molecular complexity index is 863. The van der Waals surface area contributed by atoms with Crippen LogP contribution in [0, 0.1) is 0 Å². The van der Waals surface area contributed by atoms with Crippen molar-refractivity contribution in [3.05, 3.63) is 58.4 Å². The molecule has 1 aliphatic heterocycles. The van der Waals surface area contributed by atoms with Gasteiger partial charge < -0.3 is 15.4 Å². The van der Waals surface area contributed by atoms with Gasteiger partial charge >= 0.3 is 0 Å². The Balaban J connectivity index is 1.66. The van der Waals surface area contributed by atoms with Crippen LogP contribution in [0.2, 0.25) is 5.02 Å². The first-order chi connectivity index (χ1) is 11.7. The van der Waals surface area contributed by atoms with Crippen LogP contribution in [0.1, 0.15) is 5.56 Å². The van der Waals surface area contributed by atoms with Gasteiger partial charge in [-0.15, -0.1) is 11.3 Å². The summed E-state index contributed by atoms with van der Waals surface area (Å²) in [4.78, 5) is 6.69. The van der Waals surface area contributed by atoms with E-state index in [0.717, 1.165) is 40.8 Å². The van der Waals surface area contributed by atoms with Gasteiger partial charge in [0, 0.05) is 22.5 Å². The molecule has 2 N–H and O–H groups in total. The van der Waals surface area contributed by atoms with Crippen molar-refractivity contribution >= 4 is 33.8 Å². The number of nitrogen functional groups attached to an aromatic ring is 1. The zero-order chi connectivity index (χ0) is 16.5. The van der Waals surface area contributed by atoms with Crippen molar-refractivity contribution in [2.75, 3.05) is 23.8 Å². The van der Waals surface area contributed by atoms with Gasteiger partial charge in [-0.1, -0.05) is 23.7 Å². The summed E-state index contributed by atoms with van der Waals surface area (Å²) in [6.45, 7) is 2.35. The van der Waals surface area contributed by atoms with Gasteiger partial charge in [0.25, 0.3) is 0 Å². The van der Waals surface area contributed by atoms with E-state index >= 15 is 0 Å². The van der Waals surface area contributed by atoms with E-state index in [1.54, 1.807) is 0 Å². The molecule has 122 valence electrons. The zero-order valence-electron chi connectivity index (χ0n) is 12.9. The monoisotopic (exact) mass is 357 g/mol. The van der Waals surface area contributed by atoms with E-state index in [2.05, 4.69) is 28.1 Å². The molecule has 0 unspecified atom stereocenters. The lowest BCUT2D eigenvalue weighted by molar-refractivity contribution is 0.307. The number of aromatic nitrogens is 1. The highest BCUT2D eigenvalue weighted by atomic mass is 35.5. The van der Waals surface area contributed by atoms with Crippen molar-refractivity contribution < 1.29 is 4.74 Å². The van der Waals surface area contributed by atoms with E-state index < -0.39 is 0 Å². The van der Waals surface area contributed by atoms with Crippen molar-refractivity contribution in [3.63, 3.8) is 0 Å². The zero-order valence-corrected chi connectivity index (χ0v) is 14.5. The average molecular weight is 358 g/mol. The standard InChI is InChI=1S/C18H16ClN3OS/c19-14-4-1-12(2-5-14)10-22-7-8-23-17-6-3-13(9-16(17)22)15-11-24-18(20)21-15/h1-6,9,11H,7-8,10H2,(H2,20,21). The first-order valence-corrected chi connectivity index (χ1v) is 8.92. The predicted octanol–water partition coefficient (Wildman–Crippen LogP) is 4.44. The Kier molecular flexibility index (Phi) is 4.04. The van der Waals surface area contributed by atoms with Gasteiger partial charge in [-0.05, 0) is 35.9 Å². The van der Waals surface area contributed by atoms with Crippen LogP contribution < -0.4 is 15.4 Å². The lowest BCUT2D eigenvalue weighted by atomic mass is 10.1. The van der Waals surface area contributed by atoms with Gasteiger partial charge in [-0.25, -0.2) is 4.98 Å². The molecule has 2 aromatic carbocycles. The number of rotatable bonds is 3. The molecule has 0 aliphatic carbocycles. The minimum absolute atomic E-state index is 0.581. The molecule has 0 saturated heterocycles. The summed E-state index contributed by atoms with van der Waals surface area (Å²) in [6.07, 6.45) is 0. The molecule has 0 fully saturated rings. The molecular weight excluding hydrogens is 342 g/mol. The van der Waals surface area contributed by atoms with Gasteiger partial charge in [0.15, 0.2) is 5.13 Å². The van der Waals surface area contributed by atoms with Gasteiger partial charge in [-0.2, -0.15) is 0 Å². The number of hydrogen-bond acceptors (Lipinski definition) is 5. The maximum atomic E-state index is 5.98. The molecule has 0 amide bonds. The second-order valence-corrected chi connectivity index (χ2v) is 6.98. The Morgan fingerprint density at radius 3 is 2.79 bits per heavy atom. The fourth-order valence-electron chi connectivity index (χ4n) is 2.83. The van der Waals surface area contributed by atoms with Crippen molar-refractivity contribution in [1.82, 2.24) is 4.98 Å². The molecular formula is C18H16ClN3OS. The second kappa shape index (κ2) is 6.34. The van der Waals surface area contributed by atoms with E-state index in [-0.39, 0.29) is 0 Å². The van der Waals surface area contributed by atoms with Crippen LogP contribution in [0.25, 0.3) is 11.3 Å². The van der Waals surface area contributed by atoms with E-state index in [1.807, 2.05) is 29.6 Å². The minimum atomic E-state index is 0.581. The van der Waals surface area contributed by atoms with Gasteiger partial charge in [-0.3, -0.25) is 0 Å². The highest BCUT2D eigenvalue weighted by Crippen LogP contribution is 2.36. The molecule has 0 saturated carbocycles. The third-order valence-corrected chi connectivity index (χ3v) is 4.95. The number of nitrogens with zero attached hydrogens (tertiary/aromatic N) is 2.